The third-order valence-corrected chi connectivity index (χ3v) is 3.51. The smallest absolute Gasteiger partial charge is 0.337 e. The number of amides is 1. The number of anilines is 1. The Balaban J connectivity index is 2.95. The highest BCUT2D eigenvalue weighted by Crippen LogP contribution is 2.17. The van der Waals surface area contributed by atoms with E-state index in [-0.39, 0.29) is 17.0 Å². The summed E-state index contributed by atoms with van der Waals surface area (Å²) < 4.78 is 9.28. The number of carbonyl (C=O) groups is 3. The molecule has 1 aromatic carbocycles. The predicted molar refractivity (Wildman–Crippen MR) is 85.4 cm³/mol. The maximum Gasteiger partial charge on any atom is 0.337 e. The van der Waals surface area contributed by atoms with E-state index in [9.17, 15) is 14.4 Å². The van der Waals surface area contributed by atoms with Crippen molar-refractivity contribution in [2.45, 2.75) is 12.8 Å². The second kappa shape index (κ2) is 9.09. The van der Waals surface area contributed by atoms with Crippen LogP contribution in [-0.4, -0.2) is 44.1 Å². The summed E-state index contributed by atoms with van der Waals surface area (Å²) in [6, 6.07) is 4.29. The average Bonchev–Trinajstić information content (AvgIpc) is 2.53. The van der Waals surface area contributed by atoms with E-state index in [0.717, 1.165) is 12.2 Å². The Kier molecular flexibility index (Phi) is 7.45. The van der Waals surface area contributed by atoms with Gasteiger partial charge in [-0.2, -0.15) is 11.8 Å². The third-order valence-electron chi connectivity index (χ3n) is 2.81. The number of nitrogens with one attached hydrogen (secondary N) is 1. The maximum atomic E-state index is 11.8. The molecular formula is C15H19NO5S. The van der Waals surface area contributed by atoms with Gasteiger partial charge in [0.25, 0.3) is 0 Å². The van der Waals surface area contributed by atoms with E-state index in [2.05, 4.69) is 14.8 Å². The van der Waals surface area contributed by atoms with Crippen molar-refractivity contribution in [3.63, 3.8) is 0 Å². The highest BCUT2D eigenvalue weighted by molar-refractivity contribution is 7.98. The Hall–Kier alpha value is -2.02. The number of benzene rings is 1. The Bertz CT molecular complexity index is 525. The van der Waals surface area contributed by atoms with Gasteiger partial charge < -0.3 is 14.8 Å². The number of hydrogen-bond acceptors (Lipinski definition) is 6. The van der Waals surface area contributed by atoms with Gasteiger partial charge >= 0.3 is 11.9 Å². The zero-order valence-electron chi connectivity index (χ0n) is 12.8. The predicted octanol–water partition coefficient (Wildman–Crippen LogP) is 2.34. The van der Waals surface area contributed by atoms with Gasteiger partial charge in [-0.1, -0.05) is 0 Å². The molecule has 0 fully saturated rings. The van der Waals surface area contributed by atoms with Gasteiger partial charge in [0.2, 0.25) is 5.91 Å². The van der Waals surface area contributed by atoms with Crippen molar-refractivity contribution < 1.29 is 23.9 Å². The topological polar surface area (TPSA) is 81.7 Å². The number of methoxy groups -OCH3 is 2. The minimum Gasteiger partial charge on any atom is -0.465 e. The van der Waals surface area contributed by atoms with Gasteiger partial charge in [0.1, 0.15) is 0 Å². The lowest BCUT2D eigenvalue weighted by Crippen LogP contribution is -2.14. The maximum absolute atomic E-state index is 11.8. The van der Waals surface area contributed by atoms with Crippen LogP contribution in [0, 0.1) is 0 Å². The second-order valence-electron chi connectivity index (χ2n) is 4.43. The van der Waals surface area contributed by atoms with Crippen LogP contribution in [0.3, 0.4) is 0 Å². The lowest BCUT2D eigenvalue weighted by molar-refractivity contribution is -0.116. The molecule has 0 unspecified atom stereocenters. The van der Waals surface area contributed by atoms with Gasteiger partial charge in [-0.05, 0) is 36.6 Å². The molecule has 22 heavy (non-hydrogen) atoms. The first-order chi connectivity index (χ1) is 10.5. The highest BCUT2D eigenvalue weighted by Gasteiger charge is 2.14. The fraction of sp³-hybridized carbons (Fsp3) is 0.400. The van der Waals surface area contributed by atoms with Crippen molar-refractivity contribution in [1.29, 1.82) is 0 Å². The molecule has 0 radical (unpaired) electrons. The molecule has 6 nitrogen and oxygen atoms in total. The molecule has 120 valence electrons. The molecule has 0 saturated carbocycles. The van der Waals surface area contributed by atoms with E-state index >= 15 is 0 Å². The summed E-state index contributed by atoms with van der Waals surface area (Å²) in [4.78, 5) is 35.1. The number of rotatable bonds is 7. The van der Waals surface area contributed by atoms with Crippen molar-refractivity contribution >= 4 is 35.3 Å². The van der Waals surface area contributed by atoms with E-state index in [0.29, 0.717) is 12.1 Å². The van der Waals surface area contributed by atoms with Crippen LogP contribution < -0.4 is 5.32 Å². The molecule has 0 heterocycles. The largest absolute Gasteiger partial charge is 0.465 e. The number of carbonyl (C=O) groups excluding carboxylic acids is 3. The summed E-state index contributed by atoms with van der Waals surface area (Å²) in [6.45, 7) is 0. The molecule has 0 atom stereocenters. The molecule has 0 aliphatic rings. The Labute approximate surface area is 133 Å². The zero-order chi connectivity index (χ0) is 16.5. The van der Waals surface area contributed by atoms with E-state index in [1.165, 1.54) is 32.4 Å². The molecule has 0 aliphatic carbocycles. The normalized spacial score (nSPS) is 9.95. The molecule has 7 heteroatoms. The molecule has 0 aromatic heterocycles. The fourth-order valence-electron chi connectivity index (χ4n) is 1.77. The van der Waals surface area contributed by atoms with Crippen LogP contribution in [0.2, 0.25) is 0 Å². The average molecular weight is 325 g/mol. The molecule has 0 aliphatic heterocycles. The number of hydrogen-bond donors (Lipinski definition) is 1. The summed E-state index contributed by atoms with van der Waals surface area (Å²) in [5, 5.41) is 2.68. The minimum absolute atomic E-state index is 0.171. The van der Waals surface area contributed by atoms with Gasteiger partial charge in [-0.25, -0.2) is 9.59 Å². The lowest BCUT2D eigenvalue weighted by atomic mass is 10.1. The monoisotopic (exact) mass is 325 g/mol. The summed E-state index contributed by atoms with van der Waals surface area (Å²) in [5.41, 5.74) is 0.701. The minimum atomic E-state index is -0.594. The van der Waals surface area contributed by atoms with Gasteiger partial charge in [0.15, 0.2) is 0 Å². The van der Waals surface area contributed by atoms with Gasteiger partial charge in [-0.3, -0.25) is 4.79 Å². The number of thioether (sulfide) groups is 1. The van der Waals surface area contributed by atoms with Crippen molar-refractivity contribution in [3.8, 4) is 0 Å². The molecule has 0 bridgehead atoms. The first-order valence-corrected chi connectivity index (χ1v) is 8.01. The molecule has 1 aromatic rings. The van der Waals surface area contributed by atoms with Crippen LogP contribution in [0.15, 0.2) is 18.2 Å². The van der Waals surface area contributed by atoms with Crippen LogP contribution in [0.25, 0.3) is 0 Å². The summed E-state index contributed by atoms with van der Waals surface area (Å²) in [5.74, 6) is -0.470. The van der Waals surface area contributed by atoms with Crippen molar-refractivity contribution in [1.82, 2.24) is 0 Å². The molecule has 1 amide bonds. The Morgan fingerprint density at radius 3 is 2.05 bits per heavy atom. The van der Waals surface area contributed by atoms with E-state index < -0.39 is 11.9 Å². The SMILES string of the molecule is COC(=O)c1cc(NC(=O)CCCSC)cc(C(=O)OC)c1. The van der Waals surface area contributed by atoms with Crippen molar-refractivity contribution in [2.75, 3.05) is 31.5 Å². The van der Waals surface area contributed by atoms with Crippen LogP contribution in [0.4, 0.5) is 5.69 Å². The van der Waals surface area contributed by atoms with Crippen molar-refractivity contribution in [2.24, 2.45) is 0 Å². The van der Waals surface area contributed by atoms with Crippen LogP contribution >= 0.6 is 11.8 Å². The lowest BCUT2D eigenvalue weighted by Gasteiger charge is -2.09. The summed E-state index contributed by atoms with van der Waals surface area (Å²) in [7, 11) is 2.49. The summed E-state index contributed by atoms with van der Waals surface area (Å²) in [6.07, 6.45) is 3.10. The quantitative estimate of drug-likeness (QED) is 0.612. The Morgan fingerprint density at radius 2 is 1.59 bits per heavy atom. The molecule has 1 rings (SSSR count). The van der Waals surface area contributed by atoms with Gasteiger partial charge in [0.05, 0.1) is 25.3 Å². The van der Waals surface area contributed by atoms with Crippen molar-refractivity contribution in [3.05, 3.63) is 29.3 Å². The van der Waals surface area contributed by atoms with Crippen LogP contribution in [0.5, 0.6) is 0 Å². The van der Waals surface area contributed by atoms with Gasteiger partial charge in [-0.15, -0.1) is 0 Å². The molecule has 1 N–H and O–H groups in total. The Morgan fingerprint density at radius 1 is 1.05 bits per heavy atom. The zero-order valence-corrected chi connectivity index (χ0v) is 13.6. The third kappa shape index (κ3) is 5.40. The highest BCUT2D eigenvalue weighted by atomic mass is 32.2. The van der Waals surface area contributed by atoms with E-state index in [4.69, 9.17) is 0 Å². The van der Waals surface area contributed by atoms with Crippen LogP contribution in [0.1, 0.15) is 33.6 Å². The molecular weight excluding hydrogens is 306 g/mol. The second-order valence-corrected chi connectivity index (χ2v) is 5.41. The number of esters is 2. The number of ether oxygens (including phenoxy) is 2. The fourth-order valence-corrected chi connectivity index (χ4v) is 2.20. The van der Waals surface area contributed by atoms with Crippen LogP contribution in [-0.2, 0) is 14.3 Å². The summed E-state index contributed by atoms with van der Waals surface area (Å²) >= 11 is 1.67. The van der Waals surface area contributed by atoms with E-state index in [1.807, 2.05) is 6.26 Å². The molecule has 0 saturated heterocycles. The first kappa shape index (κ1) is 18.0. The van der Waals surface area contributed by atoms with Gasteiger partial charge in [0, 0.05) is 12.1 Å². The standard InChI is InChI=1S/C15H19NO5S/c1-20-14(18)10-7-11(15(19)21-2)9-12(8-10)16-13(17)5-4-6-22-3/h7-9H,4-6H2,1-3H3,(H,16,17). The first-order valence-electron chi connectivity index (χ1n) is 6.62. The molecule has 0 spiro atoms. The van der Waals surface area contributed by atoms with E-state index in [1.54, 1.807) is 11.8 Å².